The second-order valence-corrected chi connectivity index (χ2v) is 6.07. The van der Waals surface area contributed by atoms with Gasteiger partial charge in [-0.1, -0.05) is 19.1 Å². The van der Waals surface area contributed by atoms with Crippen LogP contribution >= 0.6 is 0 Å². The van der Waals surface area contributed by atoms with Gasteiger partial charge in [0, 0.05) is 19.5 Å². The van der Waals surface area contributed by atoms with E-state index in [-0.39, 0.29) is 13.0 Å². The predicted octanol–water partition coefficient (Wildman–Crippen LogP) is 2.31. The third-order valence-electron chi connectivity index (χ3n) is 2.57. The van der Waals surface area contributed by atoms with Crippen LogP contribution in [-0.2, 0) is 10.0 Å². The van der Waals surface area contributed by atoms with Crippen molar-refractivity contribution in [1.29, 1.82) is 5.26 Å². The van der Waals surface area contributed by atoms with E-state index >= 15 is 0 Å². The molecule has 0 atom stereocenters. The summed E-state index contributed by atoms with van der Waals surface area (Å²) in [6, 6.07) is 8.83. The molecular formula is C13H18N2O2S. The number of nitriles is 1. The number of hydrogen-bond donors (Lipinski definition) is 0. The zero-order chi connectivity index (χ0) is 13.6. The summed E-state index contributed by atoms with van der Waals surface area (Å²) in [4.78, 5) is 0.300. The lowest BCUT2D eigenvalue weighted by atomic mass is 10.2. The molecule has 98 valence electrons. The molecule has 5 heteroatoms. The molecule has 0 aliphatic rings. The molecule has 0 unspecified atom stereocenters. The topological polar surface area (TPSA) is 61.2 Å². The Morgan fingerprint density at radius 1 is 1.33 bits per heavy atom. The maximum absolute atomic E-state index is 12.4. The first-order valence-electron chi connectivity index (χ1n) is 5.96. The zero-order valence-corrected chi connectivity index (χ0v) is 11.6. The van der Waals surface area contributed by atoms with Crippen LogP contribution < -0.4 is 0 Å². The molecule has 0 aliphatic heterocycles. The lowest BCUT2D eigenvalue weighted by Gasteiger charge is -2.20. The quantitative estimate of drug-likeness (QED) is 0.793. The minimum Gasteiger partial charge on any atom is -0.207 e. The van der Waals surface area contributed by atoms with Gasteiger partial charge in [0.1, 0.15) is 0 Å². The molecule has 0 fully saturated rings. The Kier molecular flexibility index (Phi) is 5.32. The number of hydrogen-bond acceptors (Lipinski definition) is 3. The highest BCUT2D eigenvalue weighted by Crippen LogP contribution is 2.17. The van der Waals surface area contributed by atoms with Gasteiger partial charge < -0.3 is 0 Å². The van der Waals surface area contributed by atoms with Crippen molar-refractivity contribution in [2.24, 2.45) is 0 Å². The smallest absolute Gasteiger partial charge is 0.207 e. The van der Waals surface area contributed by atoms with Crippen LogP contribution in [-0.4, -0.2) is 25.8 Å². The highest BCUT2D eigenvalue weighted by Gasteiger charge is 2.23. The third kappa shape index (κ3) is 3.56. The van der Waals surface area contributed by atoms with E-state index in [1.165, 1.54) is 4.31 Å². The van der Waals surface area contributed by atoms with Crippen LogP contribution in [0, 0.1) is 18.3 Å². The molecule has 0 saturated heterocycles. The van der Waals surface area contributed by atoms with Gasteiger partial charge in [-0.25, -0.2) is 8.42 Å². The summed E-state index contributed by atoms with van der Waals surface area (Å²) in [6.45, 7) is 4.47. The fourth-order valence-corrected chi connectivity index (χ4v) is 3.34. The first kappa shape index (κ1) is 14.7. The van der Waals surface area contributed by atoms with Crippen molar-refractivity contribution in [3.8, 4) is 6.07 Å². The average molecular weight is 266 g/mol. The highest BCUT2D eigenvalue weighted by atomic mass is 32.2. The molecule has 1 aromatic rings. The lowest BCUT2D eigenvalue weighted by Crippen LogP contribution is -2.32. The number of nitrogens with zero attached hydrogens (tertiary/aromatic N) is 2. The Hall–Kier alpha value is -1.38. The summed E-state index contributed by atoms with van der Waals surface area (Å²) in [5.74, 6) is 0. The van der Waals surface area contributed by atoms with Crippen LogP contribution in [0.3, 0.4) is 0 Å². The van der Waals surface area contributed by atoms with Crippen molar-refractivity contribution in [3.63, 3.8) is 0 Å². The summed E-state index contributed by atoms with van der Waals surface area (Å²) >= 11 is 0. The molecule has 0 heterocycles. The maximum Gasteiger partial charge on any atom is 0.243 e. The number of sulfonamides is 1. The monoisotopic (exact) mass is 266 g/mol. The first-order chi connectivity index (χ1) is 8.52. The van der Waals surface area contributed by atoms with Gasteiger partial charge in [-0.15, -0.1) is 0 Å². The van der Waals surface area contributed by atoms with Crippen molar-refractivity contribution in [2.45, 2.75) is 31.6 Å². The Morgan fingerprint density at radius 3 is 2.61 bits per heavy atom. The molecular weight excluding hydrogens is 248 g/mol. The van der Waals surface area contributed by atoms with Gasteiger partial charge in [-0.05, 0) is 31.0 Å². The molecule has 4 nitrogen and oxygen atoms in total. The summed E-state index contributed by atoms with van der Waals surface area (Å²) < 4.78 is 26.2. The predicted molar refractivity (Wildman–Crippen MR) is 70.5 cm³/mol. The molecule has 0 spiro atoms. The van der Waals surface area contributed by atoms with Gasteiger partial charge in [0.25, 0.3) is 0 Å². The Labute approximate surface area is 109 Å². The van der Waals surface area contributed by atoms with E-state index in [1.807, 2.05) is 26.0 Å². The van der Waals surface area contributed by atoms with Crippen LogP contribution in [0.25, 0.3) is 0 Å². The molecule has 0 aromatic heterocycles. The number of aryl methyl sites for hydroxylation is 1. The number of benzene rings is 1. The Morgan fingerprint density at radius 2 is 2.06 bits per heavy atom. The first-order valence-corrected chi connectivity index (χ1v) is 7.40. The van der Waals surface area contributed by atoms with Crippen molar-refractivity contribution < 1.29 is 8.42 Å². The van der Waals surface area contributed by atoms with Gasteiger partial charge in [0.05, 0.1) is 11.0 Å². The van der Waals surface area contributed by atoms with Crippen LogP contribution in [0.4, 0.5) is 0 Å². The minimum absolute atomic E-state index is 0.213. The fraction of sp³-hybridized carbons (Fsp3) is 0.462. The fourth-order valence-electron chi connectivity index (χ4n) is 1.70. The highest BCUT2D eigenvalue weighted by molar-refractivity contribution is 7.89. The molecule has 1 aromatic carbocycles. The largest absolute Gasteiger partial charge is 0.243 e. The summed E-state index contributed by atoms with van der Waals surface area (Å²) in [7, 11) is -3.48. The molecule has 0 amide bonds. The maximum atomic E-state index is 12.4. The van der Waals surface area contributed by atoms with Gasteiger partial charge in [0.2, 0.25) is 10.0 Å². The van der Waals surface area contributed by atoms with E-state index in [4.69, 9.17) is 5.26 Å². The standard InChI is InChI=1S/C13H18N2O2S/c1-3-9-15(10-5-8-14)18(16,17)13-7-4-6-12(2)11-13/h4,6-7,11H,3,5,9-10H2,1-2H3. The molecule has 1 rings (SSSR count). The van der Waals surface area contributed by atoms with Gasteiger partial charge in [-0.3, -0.25) is 0 Å². The van der Waals surface area contributed by atoms with Crippen LogP contribution in [0.2, 0.25) is 0 Å². The summed E-state index contributed by atoms with van der Waals surface area (Å²) in [6.07, 6.45) is 0.946. The number of rotatable bonds is 6. The Balaban J connectivity index is 3.05. The molecule has 18 heavy (non-hydrogen) atoms. The van der Waals surface area contributed by atoms with E-state index in [0.717, 1.165) is 12.0 Å². The molecule has 0 N–H and O–H groups in total. The van der Waals surface area contributed by atoms with E-state index in [0.29, 0.717) is 11.4 Å². The van der Waals surface area contributed by atoms with Crippen LogP contribution in [0.15, 0.2) is 29.2 Å². The second kappa shape index (κ2) is 6.53. The molecule has 0 bridgehead atoms. The molecule has 0 aliphatic carbocycles. The molecule has 0 radical (unpaired) electrons. The summed E-state index contributed by atoms with van der Waals surface area (Å²) in [5, 5.41) is 8.59. The normalized spacial score (nSPS) is 11.4. The summed E-state index contributed by atoms with van der Waals surface area (Å²) in [5.41, 5.74) is 0.910. The average Bonchev–Trinajstić information content (AvgIpc) is 2.34. The minimum atomic E-state index is -3.48. The SMILES string of the molecule is CCCN(CCC#N)S(=O)(=O)c1cccc(C)c1. The van der Waals surface area contributed by atoms with Gasteiger partial charge in [-0.2, -0.15) is 9.57 Å². The van der Waals surface area contributed by atoms with Crippen molar-refractivity contribution in [1.82, 2.24) is 4.31 Å². The third-order valence-corrected chi connectivity index (χ3v) is 4.47. The van der Waals surface area contributed by atoms with E-state index in [1.54, 1.807) is 18.2 Å². The van der Waals surface area contributed by atoms with Crippen molar-refractivity contribution >= 4 is 10.0 Å². The Bertz CT molecular complexity index is 532. The second-order valence-electron chi connectivity index (χ2n) is 4.13. The van der Waals surface area contributed by atoms with E-state index in [2.05, 4.69) is 0 Å². The van der Waals surface area contributed by atoms with Crippen LogP contribution in [0.5, 0.6) is 0 Å². The van der Waals surface area contributed by atoms with E-state index < -0.39 is 10.0 Å². The van der Waals surface area contributed by atoms with Crippen LogP contribution in [0.1, 0.15) is 25.3 Å². The van der Waals surface area contributed by atoms with E-state index in [9.17, 15) is 8.42 Å². The van der Waals surface area contributed by atoms with Crippen molar-refractivity contribution in [2.75, 3.05) is 13.1 Å². The zero-order valence-electron chi connectivity index (χ0n) is 10.8. The van der Waals surface area contributed by atoms with Gasteiger partial charge >= 0.3 is 0 Å². The lowest BCUT2D eigenvalue weighted by molar-refractivity contribution is 0.417. The van der Waals surface area contributed by atoms with Crippen molar-refractivity contribution in [3.05, 3.63) is 29.8 Å². The molecule has 0 saturated carbocycles. The van der Waals surface area contributed by atoms with Gasteiger partial charge in [0.15, 0.2) is 0 Å².